The smallest absolute Gasteiger partial charge is 0.141 e. The zero-order chi connectivity index (χ0) is 13.5. The van der Waals surface area contributed by atoms with Gasteiger partial charge in [0.2, 0.25) is 0 Å². The Kier molecular flexibility index (Phi) is 5.58. The van der Waals surface area contributed by atoms with Crippen molar-refractivity contribution >= 4 is 11.5 Å². The fourth-order valence-corrected chi connectivity index (χ4v) is 1.73. The Labute approximate surface area is 108 Å². The molecular formula is C13H22N4O. The Balaban J connectivity index is 2.89. The quantitative estimate of drug-likeness (QED) is 0.567. The number of nitrogens with one attached hydrogen (secondary N) is 1. The molecule has 0 saturated heterocycles. The molecule has 0 bridgehead atoms. The minimum atomic E-state index is -0.00640. The van der Waals surface area contributed by atoms with Gasteiger partial charge in [0.1, 0.15) is 11.5 Å². The van der Waals surface area contributed by atoms with E-state index >= 15 is 0 Å². The van der Waals surface area contributed by atoms with Gasteiger partial charge in [-0.3, -0.25) is 10.4 Å². The van der Waals surface area contributed by atoms with E-state index in [0.29, 0.717) is 18.2 Å². The number of methoxy groups -OCH3 is 1. The zero-order valence-electron chi connectivity index (χ0n) is 11.3. The van der Waals surface area contributed by atoms with E-state index in [1.165, 1.54) is 0 Å². The summed E-state index contributed by atoms with van der Waals surface area (Å²) in [6, 6.07) is 3.78. The molecule has 0 radical (unpaired) electrons. The Bertz CT molecular complexity index is 392. The maximum atomic E-state index is 7.42. The van der Waals surface area contributed by atoms with Crippen LogP contribution < -0.4 is 10.6 Å². The van der Waals surface area contributed by atoms with Crippen molar-refractivity contribution in [3.05, 3.63) is 24.0 Å². The van der Waals surface area contributed by atoms with E-state index in [1.807, 2.05) is 12.1 Å². The second-order valence-electron chi connectivity index (χ2n) is 4.65. The van der Waals surface area contributed by atoms with Crippen LogP contribution in [0.25, 0.3) is 0 Å². The van der Waals surface area contributed by atoms with Crippen LogP contribution in [0.5, 0.6) is 0 Å². The van der Waals surface area contributed by atoms with Crippen molar-refractivity contribution in [3.63, 3.8) is 0 Å². The van der Waals surface area contributed by atoms with Gasteiger partial charge in [0.25, 0.3) is 0 Å². The first kappa shape index (κ1) is 14.4. The van der Waals surface area contributed by atoms with Crippen LogP contribution in [0.2, 0.25) is 0 Å². The molecule has 0 fully saturated rings. The van der Waals surface area contributed by atoms with Gasteiger partial charge in [-0.2, -0.15) is 0 Å². The highest BCUT2D eigenvalue weighted by Crippen LogP contribution is 2.16. The monoisotopic (exact) mass is 250 g/mol. The summed E-state index contributed by atoms with van der Waals surface area (Å²) in [5.74, 6) is 0.545. The lowest BCUT2D eigenvalue weighted by atomic mass is 10.2. The summed E-state index contributed by atoms with van der Waals surface area (Å²) in [5, 5.41) is 7.42. The highest BCUT2D eigenvalue weighted by Gasteiger charge is 2.10. The topological polar surface area (TPSA) is 75.2 Å². The first-order valence-corrected chi connectivity index (χ1v) is 6.09. The third kappa shape index (κ3) is 4.33. The van der Waals surface area contributed by atoms with E-state index in [9.17, 15) is 0 Å². The number of rotatable bonds is 7. The fourth-order valence-electron chi connectivity index (χ4n) is 1.73. The molecule has 0 aliphatic heterocycles. The Morgan fingerprint density at radius 2 is 2.28 bits per heavy atom. The number of anilines is 1. The normalized spacial score (nSPS) is 10.7. The average molecular weight is 250 g/mol. The molecule has 0 aromatic carbocycles. The number of pyridine rings is 1. The molecule has 100 valence electrons. The maximum Gasteiger partial charge on any atom is 0.141 e. The molecular weight excluding hydrogens is 228 g/mol. The van der Waals surface area contributed by atoms with E-state index in [2.05, 4.69) is 23.7 Å². The largest absolute Gasteiger partial charge is 0.383 e. The summed E-state index contributed by atoms with van der Waals surface area (Å²) in [6.45, 7) is 6.77. The molecule has 0 aliphatic rings. The van der Waals surface area contributed by atoms with Crippen molar-refractivity contribution in [1.29, 1.82) is 5.41 Å². The minimum Gasteiger partial charge on any atom is -0.383 e. The summed E-state index contributed by atoms with van der Waals surface area (Å²) in [5.41, 5.74) is 7.00. The number of amidine groups is 1. The predicted molar refractivity (Wildman–Crippen MR) is 74.2 cm³/mol. The van der Waals surface area contributed by atoms with Crippen LogP contribution in [0.15, 0.2) is 18.3 Å². The lowest BCUT2D eigenvalue weighted by molar-refractivity contribution is 0.204. The first-order valence-electron chi connectivity index (χ1n) is 6.09. The van der Waals surface area contributed by atoms with E-state index in [4.69, 9.17) is 15.9 Å². The Morgan fingerprint density at radius 1 is 1.56 bits per heavy atom. The average Bonchev–Trinajstić information content (AvgIpc) is 2.34. The van der Waals surface area contributed by atoms with Crippen molar-refractivity contribution in [2.24, 2.45) is 11.7 Å². The third-order valence-corrected chi connectivity index (χ3v) is 2.54. The summed E-state index contributed by atoms with van der Waals surface area (Å²) in [6.07, 6.45) is 1.69. The van der Waals surface area contributed by atoms with Crippen LogP contribution in [0.1, 0.15) is 19.5 Å². The van der Waals surface area contributed by atoms with Crippen molar-refractivity contribution in [3.8, 4) is 0 Å². The highest BCUT2D eigenvalue weighted by molar-refractivity contribution is 5.93. The van der Waals surface area contributed by atoms with Crippen LogP contribution in [0.4, 0.5) is 5.69 Å². The standard InChI is InChI=1S/C13H22N4O/c1-10(2)9-17(6-7-18-3)11-4-5-16-12(8-11)13(14)15/h4-5,8,10H,6-7,9H2,1-3H3,(H3,14,15). The molecule has 0 unspecified atom stereocenters. The van der Waals surface area contributed by atoms with Gasteiger partial charge in [0.15, 0.2) is 0 Å². The maximum absolute atomic E-state index is 7.42. The Morgan fingerprint density at radius 3 is 2.83 bits per heavy atom. The number of nitrogens with two attached hydrogens (primary N) is 1. The lowest BCUT2D eigenvalue weighted by Crippen LogP contribution is -2.31. The molecule has 18 heavy (non-hydrogen) atoms. The first-order chi connectivity index (χ1) is 8.54. The molecule has 1 rings (SSSR count). The molecule has 3 N–H and O–H groups in total. The zero-order valence-corrected chi connectivity index (χ0v) is 11.3. The molecule has 0 atom stereocenters. The van der Waals surface area contributed by atoms with E-state index in [1.54, 1.807) is 13.3 Å². The van der Waals surface area contributed by atoms with Crippen molar-refractivity contribution in [1.82, 2.24) is 4.98 Å². The number of hydrogen-bond acceptors (Lipinski definition) is 4. The second-order valence-corrected chi connectivity index (χ2v) is 4.65. The molecule has 0 aliphatic carbocycles. The van der Waals surface area contributed by atoms with Gasteiger partial charge in [-0.15, -0.1) is 0 Å². The van der Waals surface area contributed by atoms with Crippen LogP contribution in [-0.2, 0) is 4.74 Å². The molecule has 1 heterocycles. The van der Waals surface area contributed by atoms with E-state index in [-0.39, 0.29) is 5.84 Å². The van der Waals surface area contributed by atoms with Gasteiger partial charge >= 0.3 is 0 Å². The minimum absolute atomic E-state index is 0.00640. The van der Waals surface area contributed by atoms with Crippen LogP contribution in [0.3, 0.4) is 0 Å². The highest BCUT2D eigenvalue weighted by atomic mass is 16.5. The summed E-state index contributed by atoms with van der Waals surface area (Å²) in [7, 11) is 1.70. The molecule has 1 aromatic heterocycles. The van der Waals surface area contributed by atoms with Crippen molar-refractivity contribution < 1.29 is 4.74 Å². The number of aromatic nitrogens is 1. The lowest BCUT2D eigenvalue weighted by Gasteiger charge is -2.26. The number of hydrogen-bond donors (Lipinski definition) is 2. The summed E-state index contributed by atoms with van der Waals surface area (Å²) >= 11 is 0. The van der Waals surface area contributed by atoms with Gasteiger partial charge in [0, 0.05) is 32.1 Å². The number of nitrogen functional groups attached to an aromatic ring is 1. The van der Waals surface area contributed by atoms with Crippen LogP contribution in [0, 0.1) is 11.3 Å². The van der Waals surface area contributed by atoms with Crippen LogP contribution in [-0.4, -0.2) is 37.6 Å². The fraction of sp³-hybridized carbons (Fsp3) is 0.538. The van der Waals surface area contributed by atoms with Gasteiger partial charge in [-0.05, 0) is 18.1 Å². The second kappa shape index (κ2) is 6.96. The Hall–Kier alpha value is -1.62. The predicted octanol–water partition coefficient (Wildman–Crippen LogP) is 1.47. The number of ether oxygens (including phenoxy) is 1. The van der Waals surface area contributed by atoms with Crippen molar-refractivity contribution in [2.75, 3.05) is 31.7 Å². The number of nitrogens with zero attached hydrogens (tertiary/aromatic N) is 2. The van der Waals surface area contributed by atoms with E-state index < -0.39 is 0 Å². The molecule has 0 spiro atoms. The summed E-state index contributed by atoms with van der Waals surface area (Å²) in [4.78, 5) is 6.30. The van der Waals surface area contributed by atoms with E-state index in [0.717, 1.165) is 18.8 Å². The third-order valence-electron chi connectivity index (χ3n) is 2.54. The molecule has 0 saturated carbocycles. The van der Waals surface area contributed by atoms with Gasteiger partial charge in [-0.1, -0.05) is 13.8 Å². The SMILES string of the molecule is COCCN(CC(C)C)c1ccnc(C(=N)N)c1. The molecule has 5 heteroatoms. The molecule has 1 aromatic rings. The van der Waals surface area contributed by atoms with Crippen LogP contribution >= 0.6 is 0 Å². The molecule has 5 nitrogen and oxygen atoms in total. The van der Waals surface area contributed by atoms with Gasteiger partial charge in [-0.25, -0.2) is 0 Å². The van der Waals surface area contributed by atoms with Crippen molar-refractivity contribution in [2.45, 2.75) is 13.8 Å². The van der Waals surface area contributed by atoms with Gasteiger partial charge in [0.05, 0.1) is 6.61 Å². The molecule has 0 amide bonds. The summed E-state index contributed by atoms with van der Waals surface area (Å²) < 4.78 is 5.13. The van der Waals surface area contributed by atoms with Gasteiger partial charge < -0.3 is 15.4 Å².